The summed E-state index contributed by atoms with van der Waals surface area (Å²) in [6.45, 7) is 14.3. The van der Waals surface area contributed by atoms with E-state index < -0.39 is 126 Å². The Morgan fingerprint density at radius 2 is 1.18 bits per heavy atom. The van der Waals surface area contributed by atoms with E-state index in [1.807, 2.05) is 60.0 Å². The number of aliphatic hydroxyl groups excluding tert-OH is 1. The predicted octanol–water partition coefficient (Wildman–Crippen LogP) is -0.491. The lowest BCUT2D eigenvalue weighted by Gasteiger charge is -2.31. The number of primary amides is 1. The number of amides is 11. The summed E-state index contributed by atoms with van der Waals surface area (Å²) >= 11 is 0. The number of likely N-dealkylation sites (tertiary alicyclic amines) is 1. The minimum atomic E-state index is -1.79. The average Bonchev–Trinajstić information content (AvgIpc) is 1.73. The van der Waals surface area contributed by atoms with Gasteiger partial charge in [-0.1, -0.05) is 72.6 Å². The summed E-state index contributed by atoms with van der Waals surface area (Å²) in [6, 6.07) is -5.55. The molecule has 35 heteroatoms. The van der Waals surface area contributed by atoms with Crippen molar-refractivity contribution in [2.24, 2.45) is 21.6 Å². The molecule has 3 aromatic rings. The number of aromatic amines is 2. The van der Waals surface area contributed by atoms with Gasteiger partial charge in [0.25, 0.3) is 0 Å². The molecule has 2 aliphatic heterocycles. The van der Waals surface area contributed by atoms with E-state index >= 15 is 9.59 Å². The predicted molar refractivity (Wildman–Crippen MR) is 400 cm³/mol. The van der Waals surface area contributed by atoms with Crippen molar-refractivity contribution < 1.29 is 57.8 Å². The highest BCUT2D eigenvalue weighted by molar-refractivity contribution is 6.00. The van der Waals surface area contributed by atoms with E-state index in [4.69, 9.17) is 5.73 Å². The van der Waals surface area contributed by atoms with Gasteiger partial charge in [-0.25, -0.2) is 4.98 Å². The van der Waals surface area contributed by atoms with Crippen LogP contribution in [-0.2, 0) is 65.6 Å². The van der Waals surface area contributed by atoms with Gasteiger partial charge < -0.3 is 89.5 Å². The highest BCUT2D eigenvalue weighted by atomic mass is 16.3. The standard InChI is InChI=1S/C72H113N23O12/c1-8-10-29-78-71(83-41-73)80-32-18-14-23-51(89-68(105)58(40-96)94-66(103)56(36-47-38-82-50-22-13-12-21-49(47)50)92-67(104)57(37-48-39-76-43-85-48)93-64(101)53-27-28-60(97)87-53)62(99)88-52(24-15-19-33-81-72(84-42-74)79-30-11-9-2)63(100)91-55(35-44(3)4)65(102)90-54(25-16-17-31-77-45(5)6)70(107)95-34-20-26-59(95)69(106)86-46(7)61(75)98/h12-13,21-22,38-39,43-46,51-59,77,82,96H,8-11,14-20,23-37,40H2,1-7H3,(H2,75,98)(H,76,85)(H,86,106)(H,87,97)(H,88,99)(H,89,105)(H,90,102)(H,91,100)(H,92,104)(H,93,101)(H,94,103)(H2,78,80,83)(H2,79,81,84)/t46-,51+,52-,53+,54+,55+,56+,57+,58+,59+/m1/s1. The van der Waals surface area contributed by atoms with Crippen LogP contribution in [0.25, 0.3) is 10.9 Å². The Kier molecular flexibility index (Phi) is 38.5. The molecule has 35 nitrogen and oxygen atoms in total. The number of nitriles is 2. The lowest BCUT2D eigenvalue weighted by molar-refractivity contribution is -0.142. The monoisotopic (exact) mass is 1490 g/mol. The van der Waals surface area contributed by atoms with Crippen LogP contribution in [0.2, 0.25) is 0 Å². The molecule has 0 spiro atoms. The van der Waals surface area contributed by atoms with Crippen molar-refractivity contribution >= 4 is 87.8 Å². The zero-order chi connectivity index (χ0) is 78.2. The summed E-state index contributed by atoms with van der Waals surface area (Å²) in [5.74, 6) is -7.89. The summed E-state index contributed by atoms with van der Waals surface area (Å²) in [5, 5.41) is 69.7. The third-order valence-corrected chi connectivity index (χ3v) is 18.1. The van der Waals surface area contributed by atoms with E-state index in [0.717, 1.165) is 25.7 Å². The van der Waals surface area contributed by atoms with Gasteiger partial charge in [-0.15, -0.1) is 0 Å². The molecule has 4 heterocycles. The quantitative estimate of drug-likeness (QED) is 0.0112. The summed E-state index contributed by atoms with van der Waals surface area (Å²) in [5.41, 5.74) is 7.18. The number of unbranched alkanes of at least 4 members (excludes halogenated alkanes) is 5. The second-order valence-electron chi connectivity index (χ2n) is 27.7. The molecule has 10 atom stereocenters. The van der Waals surface area contributed by atoms with Crippen LogP contribution < -0.4 is 80.2 Å². The first kappa shape index (κ1) is 87.2. The number of aliphatic imine (C=N–C) groups is 2. The van der Waals surface area contributed by atoms with Gasteiger partial charge in [-0.3, -0.25) is 73.4 Å². The van der Waals surface area contributed by atoms with E-state index in [-0.39, 0.29) is 120 Å². The zero-order valence-corrected chi connectivity index (χ0v) is 62.8. The number of imidazole rings is 1. The number of rotatable bonds is 47. The van der Waals surface area contributed by atoms with Gasteiger partial charge in [0, 0.05) is 87.0 Å². The van der Waals surface area contributed by atoms with Crippen LogP contribution in [0.3, 0.4) is 0 Å². The maximum atomic E-state index is 15.2. The third-order valence-electron chi connectivity index (χ3n) is 18.1. The van der Waals surface area contributed by atoms with Crippen LogP contribution in [0.4, 0.5) is 0 Å². The molecular weight excluding hydrogens is 1380 g/mol. The lowest BCUT2D eigenvalue weighted by Crippen LogP contribution is -2.61. The van der Waals surface area contributed by atoms with Crippen molar-refractivity contribution in [1.82, 2.24) is 94.3 Å². The highest BCUT2D eigenvalue weighted by Gasteiger charge is 2.41. The Morgan fingerprint density at radius 3 is 1.73 bits per heavy atom. The van der Waals surface area contributed by atoms with Crippen LogP contribution in [0, 0.1) is 28.8 Å². The second-order valence-corrected chi connectivity index (χ2v) is 27.7. The first-order valence-corrected chi connectivity index (χ1v) is 37.5. The Labute approximate surface area is 625 Å². The number of hydrogen-bond donors (Lipinski definition) is 18. The molecular formula is C72H113N23O12. The number of carbonyl (C=O) groups is 11. The number of nitrogens with one attached hydrogen (secondary N) is 16. The second kappa shape index (κ2) is 47.2. The topological polar surface area (TPSA) is 522 Å². The number of carbonyl (C=O) groups excluding carboxylic acids is 11. The number of fused-ring (bicyclic) bond motifs is 1. The fourth-order valence-electron chi connectivity index (χ4n) is 12.2. The number of hydrogen-bond acceptors (Lipinski definition) is 18. The van der Waals surface area contributed by atoms with Crippen molar-refractivity contribution in [3.8, 4) is 12.4 Å². The highest BCUT2D eigenvalue weighted by Crippen LogP contribution is 2.23. The van der Waals surface area contributed by atoms with Crippen LogP contribution in [0.15, 0.2) is 53.0 Å². The molecule has 107 heavy (non-hydrogen) atoms. The number of guanidine groups is 2. The minimum absolute atomic E-state index is 0.0523. The molecule has 0 radical (unpaired) electrons. The number of aromatic nitrogens is 3. The van der Waals surface area contributed by atoms with Gasteiger partial charge in [0.2, 0.25) is 76.9 Å². The Morgan fingerprint density at radius 1 is 0.636 bits per heavy atom. The fraction of sp³-hybridized carbons (Fsp3) is 0.639. The number of nitrogens with zero attached hydrogens (tertiary/aromatic N) is 6. The van der Waals surface area contributed by atoms with Crippen molar-refractivity contribution in [1.29, 1.82) is 10.5 Å². The van der Waals surface area contributed by atoms with Gasteiger partial charge in [0.1, 0.15) is 60.4 Å². The fourth-order valence-corrected chi connectivity index (χ4v) is 12.2. The molecule has 0 bridgehead atoms. The van der Waals surface area contributed by atoms with Gasteiger partial charge in [-0.2, -0.15) is 10.5 Å². The van der Waals surface area contributed by atoms with E-state index in [0.29, 0.717) is 73.9 Å². The third kappa shape index (κ3) is 30.5. The van der Waals surface area contributed by atoms with Crippen LogP contribution in [0.1, 0.15) is 175 Å². The lowest BCUT2D eigenvalue weighted by atomic mass is 10.00. The summed E-state index contributed by atoms with van der Waals surface area (Å²) in [4.78, 5) is 176. The summed E-state index contributed by atoms with van der Waals surface area (Å²) < 4.78 is 0. The van der Waals surface area contributed by atoms with Crippen molar-refractivity contribution in [3.05, 3.63) is 54.2 Å². The van der Waals surface area contributed by atoms with Crippen molar-refractivity contribution in [3.63, 3.8) is 0 Å². The smallest absolute Gasteiger partial charge is 0.245 e. The van der Waals surface area contributed by atoms with Gasteiger partial charge >= 0.3 is 0 Å². The Bertz CT molecular complexity index is 3530. The van der Waals surface area contributed by atoms with E-state index in [1.165, 1.54) is 24.3 Å². The van der Waals surface area contributed by atoms with E-state index in [2.05, 4.69) is 99.4 Å². The molecule has 1 aromatic carbocycles. The average molecular weight is 1490 g/mol. The molecule has 0 unspecified atom stereocenters. The van der Waals surface area contributed by atoms with Gasteiger partial charge in [0.05, 0.1) is 12.9 Å². The zero-order valence-electron chi connectivity index (χ0n) is 62.8. The molecule has 2 aliphatic rings. The van der Waals surface area contributed by atoms with Crippen LogP contribution in [0.5, 0.6) is 0 Å². The number of aliphatic hydroxyl groups is 1. The molecule has 588 valence electrons. The summed E-state index contributed by atoms with van der Waals surface area (Å²) in [7, 11) is 0. The number of nitrogens with two attached hydrogens (primary N) is 1. The van der Waals surface area contributed by atoms with Gasteiger partial charge in [-0.05, 0) is 127 Å². The molecule has 0 aliphatic carbocycles. The first-order chi connectivity index (χ1) is 51.4. The number of benzene rings is 1. The van der Waals surface area contributed by atoms with E-state index in [9.17, 15) is 58.8 Å². The normalized spacial score (nSPS) is 16.6. The minimum Gasteiger partial charge on any atom is -0.394 e. The molecule has 0 saturated carbocycles. The molecule has 11 amide bonds. The number of H-pyrrole nitrogens is 2. The molecule has 19 N–H and O–H groups in total. The maximum absolute atomic E-state index is 15.2. The van der Waals surface area contributed by atoms with Crippen LogP contribution >= 0.6 is 0 Å². The van der Waals surface area contributed by atoms with Crippen molar-refractivity contribution in [2.45, 2.75) is 243 Å². The van der Waals surface area contributed by atoms with E-state index in [1.54, 1.807) is 24.4 Å². The number of para-hydroxylation sites is 1. The first-order valence-electron chi connectivity index (χ1n) is 37.5. The maximum Gasteiger partial charge on any atom is 0.245 e. The molecule has 5 rings (SSSR count). The van der Waals surface area contributed by atoms with Gasteiger partial charge in [0.15, 0.2) is 12.4 Å². The molecule has 2 saturated heterocycles. The van der Waals surface area contributed by atoms with Crippen molar-refractivity contribution in [2.75, 3.05) is 45.9 Å². The largest absolute Gasteiger partial charge is 0.394 e. The Hall–Kier alpha value is -10.4. The van der Waals surface area contributed by atoms with Crippen LogP contribution in [-0.4, -0.2) is 214 Å². The SMILES string of the molecule is CCCCNC(=NCCCC[C@H](NC(=O)[C@H](CO)NC(=O)[C@H](Cc1c[nH]c2ccccc12)NC(=O)[C@H](Cc1cnc[nH]1)NC(=O)[C@@H]1CCC(=O)N1)C(=O)N[C@H](CCCCN=C(NC#N)NCCCC)C(=O)N[C@@H](CC(C)C)C(=O)N[C@@H](CCCCNC(C)C)C(=O)N1CCC[C@H]1C(=O)N[C@H](C)C(N)=O)NC#N. The summed E-state index contributed by atoms with van der Waals surface area (Å²) in [6.07, 6.45) is 14.5. The molecule has 2 fully saturated rings. The molecule has 2 aromatic heterocycles. The Balaban J connectivity index is 1.49.